The van der Waals surface area contributed by atoms with E-state index in [2.05, 4.69) is 15.2 Å². The van der Waals surface area contributed by atoms with Gasteiger partial charge >= 0.3 is 0 Å². The lowest BCUT2D eigenvalue weighted by atomic mass is 9.97. The third-order valence-electron chi connectivity index (χ3n) is 4.67. The number of oxazole rings is 1. The molecule has 2 fully saturated rings. The monoisotopic (exact) mass is 263 g/mol. The maximum absolute atomic E-state index is 5.74. The van der Waals surface area contributed by atoms with E-state index in [0.717, 1.165) is 43.5 Å². The van der Waals surface area contributed by atoms with Gasteiger partial charge in [0.15, 0.2) is 0 Å². The van der Waals surface area contributed by atoms with Crippen molar-refractivity contribution in [2.24, 2.45) is 0 Å². The molecule has 4 nitrogen and oxygen atoms in total. The van der Waals surface area contributed by atoms with Gasteiger partial charge in [0.25, 0.3) is 0 Å². The first-order valence-corrected chi connectivity index (χ1v) is 7.57. The fraction of sp³-hybridized carbons (Fsp3) is 0.800. The van der Waals surface area contributed by atoms with Crippen LogP contribution in [-0.4, -0.2) is 35.1 Å². The highest BCUT2D eigenvalue weighted by atomic mass is 16.4. The summed E-state index contributed by atoms with van der Waals surface area (Å²) < 4.78 is 5.74. The van der Waals surface area contributed by atoms with Gasteiger partial charge in [0.2, 0.25) is 5.89 Å². The molecule has 1 aliphatic heterocycles. The van der Waals surface area contributed by atoms with E-state index < -0.39 is 0 Å². The van der Waals surface area contributed by atoms with E-state index in [0.29, 0.717) is 5.54 Å². The van der Waals surface area contributed by atoms with Gasteiger partial charge < -0.3 is 9.73 Å². The first-order valence-electron chi connectivity index (χ1n) is 7.57. The van der Waals surface area contributed by atoms with Crippen molar-refractivity contribution >= 4 is 0 Å². The first-order chi connectivity index (χ1) is 9.17. The molecule has 1 saturated carbocycles. The number of nitrogens with zero attached hydrogens (tertiary/aromatic N) is 2. The summed E-state index contributed by atoms with van der Waals surface area (Å²) in [5.41, 5.74) is 1.39. The van der Waals surface area contributed by atoms with Crippen molar-refractivity contribution in [1.82, 2.24) is 15.2 Å². The molecule has 2 aliphatic rings. The van der Waals surface area contributed by atoms with Crippen LogP contribution in [0.4, 0.5) is 0 Å². The second-order valence-corrected chi connectivity index (χ2v) is 6.23. The number of hydrogen-bond donors (Lipinski definition) is 1. The van der Waals surface area contributed by atoms with Crippen LogP contribution in [0.15, 0.2) is 4.42 Å². The van der Waals surface area contributed by atoms with Crippen LogP contribution < -0.4 is 5.32 Å². The second kappa shape index (κ2) is 5.25. The average Bonchev–Trinajstić information content (AvgIpc) is 2.86. The molecule has 1 spiro atoms. The SMILES string of the molecule is Cc1nc(CN2CCCNC3(CCCC3)C2)oc1C. The van der Waals surface area contributed by atoms with Gasteiger partial charge in [-0.1, -0.05) is 12.8 Å². The predicted octanol–water partition coefficient (Wildman–Crippen LogP) is 2.40. The van der Waals surface area contributed by atoms with Gasteiger partial charge in [-0.15, -0.1) is 0 Å². The van der Waals surface area contributed by atoms with Gasteiger partial charge in [-0.3, -0.25) is 4.90 Å². The molecule has 1 aromatic heterocycles. The fourth-order valence-corrected chi connectivity index (χ4v) is 3.54. The molecular weight excluding hydrogens is 238 g/mol. The molecule has 0 amide bonds. The zero-order valence-corrected chi connectivity index (χ0v) is 12.2. The van der Waals surface area contributed by atoms with Gasteiger partial charge in [0.05, 0.1) is 12.2 Å². The number of nitrogens with one attached hydrogen (secondary N) is 1. The summed E-state index contributed by atoms with van der Waals surface area (Å²) in [5, 5.41) is 3.80. The van der Waals surface area contributed by atoms with Crippen molar-refractivity contribution in [1.29, 1.82) is 0 Å². The Morgan fingerprint density at radius 3 is 2.74 bits per heavy atom. The molecule has 0 bridgehead atoms. The largest absolute Gasteiger partial charge is 0.444 e. The van der Waals surface area contributed by atoms with Gasteiger partial charge in [-0.05, 0) is 46.2 Å². The van der Waals surface area contributed by atoms with E-state index in [1.165, 1.54) is 32.1 Å². The molecule has 0 unspecified atom stereocenters. The Morgan fingerprint density at radius 2 is 2.05 bits per heavy atom. The van der Waals surface area contributed by atoms with Crippen LogP contribution in [0.2, 0.25) is 0 Å². The molecule has 19 heavy (non-hydrogen) atoms. The molecule has 0 atom stereocenters. The van der Waals surface area contributed by atoms with Gasteiger partial charge in [-0.2, -0.15) is 0 Å². The Hall–Kier alpha value is -0.870. The van der Waals surface area contributed by atoms with E-state index in [1.54, 1.807) is 0 Å². The van der Waals surface area contributed by atoms with E-state index in [-0.39, 0.29) is 0 Å². The van der Waals surface area contributed by atoms with Gasteiger partial charge in [0.1, 0.15) is 5.76 Å². The highest BCUT2D eigenvalue weighted by Gasteiger charge is 2.36. The molecule has 1 N–H and O–H groups in total. The van der Waals surface area contributed by atoms with E-state index >= 15 is 0 Å². The topological polar surface area (TPSA) is 41.3 Å². The summed E-state index contributed by atoms with van der Waals surface area (Å²) >= 11 is 0. The number of rotatable bonds is 2. The van der Waals surface area contributed by atoms with Gasteiger partial charge in [-0.25, -0.2) is 4.98 Å². The lowest BCUT2D eigenvalue weighted by Gasteiger charge is -2.32. The summed E-state index contributed by atoms with van der Waals surface area (Å²) in [6, 6.07) is 0. The van der Waals surface area contributed by atoms with Crippen molar-refractivity contribution in [2.45, 2.75) is 58.0 Å². The van der Waals surface area contributed by atoms with E-state index in [1.807, 2.05) is 13.8 Å². The Kier molecular flexibility index (Phi) is 3.63. The highest BCUT2D eigenvalue weighted by molar-refractivity contribution is 5.05. The lowest BCUT2D eigenvalue weighted by Crippen LogP contribution is -2.49. The number of aryl methyl sites for hydroxylation is 2. The smallest absolute Gasteiger partial charge is 0.208 e. The summed E-state index contributed by atoms with van der Waals surface area (Å²) in [6.45, 7) is 8.32. The maximum Gasteiger partial charge on any atom is 0.208 e. The van der Waals surface area contributed by atoms with Crippen LogP contribution in [-0.2, 0) is 6.54 Å². The standard InChI is InChI=1S/C15H25N3O/c1-12-13(2)19-14(17-12)10-18-9-5-8-16-15(11-18)6-3-4-7-15/h16H,3-11H2,1-2H3. The van der Waals surface area contributed by atoms with Crippen LogP contribution in [0.25, 0.3) is 0 Å². The Morgan fingerprint density at radius 1 is 1.26 bits per heavy atom. The summed E-state index contributed by atoms with van der Waals surface area (Å²) in [6.07, 6.45) is 6.62. The first kappa shape index (κ1) is 13.1. The van der Waals surface area contributed by atoms with Crippen LogP contribution in [0, 0.1) is 13.8 Å². The fourth-order valence-electron chi connectivity index (χ4n) is 3.54. The van der Waals surface area contributed by atoms with E-state index in [4.69, 9.17) is 4.42 Å². The minimum atomic E-state index is 0.368. The molecule has 106 valence electrons. The Balaban J connectivity index is 1.69. The molecule has 4 heteroatoms. The quantitative estimate of drug-likeness (QED) is 0.889. The van der Waals surface area contributed by atoms with Crippen LogP contribution >= 0.6 is 0 Å². The minimum Gasteiger partial charge on any atom is -0.444 e. The molecular formula is C15H25N3O. The molecule has 1 aliphatic carbocycles. The van der Waals surface area contributed by atoms with Crippen molar-refractivity contribution < 1.29 is 4.42 Å². The summed E-state index contributed by atoms with van der Waals surface area (Å²) in [4.78, 5) is 7.05. The molecule has 0 aromatic carbocycles. The molecule has 1 saturated heterocycles. The number of hydrogen-bond acceptors (Lipinski definition) is 4. The van der Waals surface area contributed by atoms with Crippen LogP contribution in [0.5, 0.6) is 0 Å². The zero-order valence-electron chi connectivity index (χ0n) is 12.2. The molecule has 3 rings (SSSR count). The van der Waals surface area contributed by atoms with Crippen molar-refractivity contribution in [2.75, 3.05) is 19.6 Å². The molecule has 0 radical (unpaired) electrons. The molecule has 1 aromatic rings. The average molecular weight is 263 g/mol. The normalized spacial score (nSPS) is 23.9. The lowest BCUT2D eigenvalue weighted by molar-refractivity contribution is 0.188. The Labute approximate surface area is 115 Å². The second-order valence-electron chi connectivity index (χ2n) is 6.23. The number of aromatic nitrogens is 1. The zero-order chi connectivity index (χ0) is 13.3. The Bertz CT molecular complexity index is 415. The minimum absolute atomic E-state index is 0.368. The summed E-state index contributed by atoms with van der Waals surface area (Å²) in [7, 11) is 0. The third kappa shape index (κ3) is 2.84. The molecule has 2 heterocycles. The highest BCUT2D eigenvalue weighted by Crippen LogP contribution is 2.32. The van der Waals surface area contributed by atoms with Gasteiger partial charge in [0, 0.05) is 12.1 Å². The van der Waals surface area contributed by atoms with Crippen LogP contribution in [0.3, 0.4) is 0 Å². The summed E-state index contributed by atoms with van der Waals surface area (Å²) in [5.74, 6) is 1.84. The van der Waals surface area contributed by atoms with Crippen molar-refractivity contribution in [3.05, 3.63) is 17.3 Å². The third-order valence-corrected chi connectivity index (χ3v) is 4.67. The van der Waals surface area contributed by atoms with Crippen LogP contribution in [0.1, 0.15) is 49.4 Å². The maximum atomic E-state index is 5.74. The predicted molar refractivity (Wildman–Crippen MR) is 75.1 cm³/mol. The van der Waals surface area contributed by atoms with Crippen molar-refractivity contribution in [3.63, 3.8) is 0 Å². The van der Waals surface area contributed by atoms with E-state index in [9.17, 15) is 0 Å². The van der Waals surface area contributed by atoms with Crippen molar-refractivity contribution in [3.8, 4) is 0 Å².